The van der Waals surface area contributed by atoms with Gasteiger partial charge in [-0.05, 0) is 38.5 Å². The zero-order valence-electron chi connectivity index (χ0n) is 12.6. The van der Waals surface area contributed by atoms with E-state index < -0.39 is 0 Å². The average Bonchev–Trinajstić information content (AvgIpc) is 2.98. The van der Waals surface area contributed by atoms with Gasteiger partial charge in [0.15, 0.2) is 5.69 Å². The van der Waals surface area contributed by atoms with Gasteiger partial charge in [-0.2, -0.15) is 5.10 Å². The summed E-state index contributed by atoms with van der Waals surface area (Å²) >= 11 is 0. The Kier molecular flexibility index (Phi) is 4.29. The van der Waals surface area contributed by atoms with Crippen molar-refractivity contribution in [2.45, 2.75) is 57.8 Å². The Bertz CT molecular complexity index is 504. The van der Waals surface area contributed by atoms with E-state index in [9.17, 15) is 9.90 Å². The zero-order chi connectivity index (χ0) is 14.7. The predicted molar refractivity (Wildman–Crippen MR) is 80.2 cm³/mol. The third-order valence-electron chi connectivity index (χ3n) is 5.14. The molecule has 0 spiro atoms. The fraction of sp³-hybridized carbons (Fsp3) is 0.750. The predicted octanol–water partition coefficient (Wildman–Crippen LogP) is 1.96. The maximum atomic E-state index is 12.4. The third-order valence-corrected chi connectivity index (χ3v) is 5.14. The summed E-state index contributed by atoms with van der Waals surface area (Å²) in [5, 5.41) is 19.9. The SMILES string of the molecule is O=C(NCC1(CO)CCCCC1)c1n[nH]c2c1CCCC2. The molecule has 1 heterocycles. The molecule has 5 heteroatoms. The van der Waals surface area contributed by atoms with Crippen LogP contribution in [0, 0.1) is 5.41 Å². The van der Waals surface area contributed by atoms with Crippen molar-refractivity contribution in [2.75, 3.05) is 13.2 Å². The number of aromatic amines is 1. The highest BCUT2D eigenvalue weighted by molar-refractivity contribution is 5.94. The highest BCUT2D eigenvalue weighted by Gasteiger charge is 2.32. The highest BCUT2D eigenvalue weighted by Crippen LogP contribution is 2.35. The molecule has 1 fully saturated rings. The number of aryl methyl sites for hydroxylation is 1. The van der Waals surface area contributed by atoms with E-state index in [0.717, 1.165) is 56.2 Å². The normalized spacial score (nSPS) is 20.8. The number of H-pyrrole nitrogens is 1. The van der Waals surface area contributed by atoms with E-state index in [4.69, 9.17) is 0 Å². The van der Waals surface area contributed by atoms with Gasteiger partial charge in [0.2, 0.25) is 0 Å². The molecule has 21 heavy (non-hydrogen) atoms. The summed E-state index contributed by atoms with van der Waals surface area (Å²) < 4.78 is 0. The number of hydrogen-bond acceptors (Lipinski definition) is 3. The summed E-state index contributed by atoms with van der Waals surface area (Å²) in [6.07, 6.45) is 9.78. The summed E-state index contributed by atoms with van der Waals surface area (Å²) in [7, 11) is 0. The molecule has 0 radical (unpaired) electrons. The molecule has 1 aromatic heterocycles. The maximum absolute atomic E-state index is 12.4. The van der Waals surface area contributed by atoms with Crippen LogP contribution in [-0.4, -0.2) is 34.4 Å². The van der Waals surface area contributed by atoms with E-state index in [0.29, 0.717) is 12.2 Å². The highest BCUT2D eigenvalue weighted by atomic mass is 16.3. The number of aromatic nitrogens is 2. The average molecular weight is 291 g/mol. The zero-order valence-corrected chi connectivity index (χ0v) is 12.6. The van der Waals surface area contributed by atoms with Gasteiger partial charge in [0.05, 0.1) is 6.61 Å². The first-order chi connectivity index (χ1) is 10.2. The lowest BCUT2D eigenvalue weighted by atomic mass is 9.74. The van der Waals surface area contributed by atoms with Gasteiger partial charge in [-0.15, -0.1) is 0 Å². The summed E-state index contributed by atoms with van der Waals surface area (Å²) in [6.45, 7) is 0.718. The fourth-order valence-electron chi connectivity index (χ4n) is 3.71. The number of rotatable bonds is 4. The van der Waals surface area contributed by atoms with Crippen molar-refractivity contribution in [2.24, 2.45) is 5.41 Å². The lowest BCUT2D eigenvalue weighted by Gasteiger charge is -2.35. The Balaban J connectivity index is 1.65. The molecule has 0 aliphatic heterocycles. The molecule has 0 saturated heterocycles. The minimum absolute atomic E-state index is 0.0900. The molecule has 3 rings (SSSR count). The minimum Gasteiger partial charge on any atom is -0.396 e. The van der Waals surface area contributed by atoms with E-state index in [1.807, 2.05) is 0 Å². The summed E-state index contributed by atoms with van der Waals surface area (Å²) in [4.78, 5) is 12.4. The number of carbonyl (C=O) groups excluding carboxylic acids is 1. The summed E-state index contributed by atoms with van der Waals surface area (Å²) in [6, 6.07) is 0. The quantitative estimate of drug-likeness (QED) is 0.793. The van der Waals surface area contributed by atoms with Crippen LogP contribution >= 0.6 is 0 Å². The molecule has 0 aromatic carbocycles. The number of nitrogens with zero attached hydrogens (tertiary/aromatic N) is 1. The smallest absolute Gasteiger partial charge is 0.272 e. The van der Waals surface area contributed by atoms with Crippen LogP contribution < -0.4 is 5.32 Å². The number of nitrogens with one attached hydrogen (secondary N) is 2. The number of fused-ring (bicyclic) bond motifs is 1. The first kappa shape index (κ1) is 14.6. The van der Waals surface area contributed by atoms with Crippen LogP contribution in [0.5, 0.6) is 0 Å². The van der Waals surface area contributed by atoms with Gasteiger partial charge in [0, 0.05) is 23.2 Å². The second-order valence-electron chi connectivity index (χ2n) is 6.64. The Labute approximate surface area is 125 Å². The molecule has 1 aromatic rings. The topological polar surface area (TPSA) is 78.0 Å². The van der Waals surface area contributed by atoms with E-state index in [1.54, 1.807) is 0 Å². The Morgan fingerprint density at radius 2 is 1.95 bits per heavy atom. The van der Waals surface area contributed by atoms with E-state index in [2.05, 4.69) is 15.5 Å². The van der Waals surface area contributed by atoms with Gasteiger partial charge < -0.3 is 10.4 Å². The molecule has 2 aliphatic carbocycles. The van der Waals surface area contributed by atoms with Crippen LogP contribution in [0.3, 0.4) is 0 Å². The summed E-state index contributed by atoms with van der Waals surface area (Å²) in [5.74, 6) is -0.0900. The molecule has 1 amide bonds. The Morgan fingerprint density at radius 1 is 1.19 bits per heavy atom. The first-order valence-corrected chi connectivity index (χ1v) is 8.19. The van der Waals surface area contributed by atoms with E-state index in [1.165, 1.54) is 12.8 Å². The van der Waals surface area contributed by atoms with Crippen molar-refractivity contribution < 1.29 is 9.90 Å². The van der Waals surface area contributed by atoms with Crippen LogP contribution in [0.4, 0.5) is 0 Å². The number of aliphatic hydroxyl groups is 1. The molecule has 0 bridgehead atoms. The van der Waals surface area contributed by atoms with Gasteiger partial charge in [-0.3, -0.25) is 9.89 Å². The van der Waals surface area contributed by atoms with Crippen molar-refractivity contribution in [1.82, 2.24) is 15.5 Å². The van der Waals surface area contributed by atoms with Gasteiger partial charge in [0.1, 0.15) is 0 Å². The van der Waals surface area contributed by atoms with E-state index in [-0.39, 0.29) is 17.9 Å². The van der Waals surface area contributed by atoms with Gasteiger partial charge >= 0.3 is 0 Å². The molecule has 0 atom stereocenters. The van der Waals surface area contributed by atoms with Crippen molar-refractivity contribution in [3.63, 3.8) is 0 Å². The van der Waals surface area contributed by atoms with Gasteiger partial charge in [-0.1, -0.05) is 19.3 Å². The molecule has 2 aliphatic rings. The molecule has 116 valence electrons. The van der Waals surface area contributed by atoms with Gasteiger partial charge in [-0.25, -0.2) is 0 Å². The maximum Gasteiger partial charge on any atom is 0.272 e. The largest absolute Gasteiger partial charge is 0.396 e. The molecular formula is C16H25N3O2. The molecule has 3 N–H and O–H groups in total. The van der Waals surface area contributed by atoms with Crippen LogP contribution in [0.1, 0.15) is 66.7 Å². The fourth-order valence-corrected chi connectivity index (χ4v) is 3.71. The minimum atomic E-state index is -0.121. The number of carbonyl (C=O) groups is 1. The first-order valence-electron chi connectivity index (χ1n) is 8.19. The lowest BCUT2D eigenvalue weighted by Crippen LogP contribution is -2.41. The third kappa shape index (κ3) is 2.98. The van der Waals surface area contributed by atoms with Crippen LogP contribution in [-0.2, 0) is 12.8 Å². The van der Waals surface area contributed by atoms with Crippen molar-refractivity contribution in [3.8, 4) is 0 Å². The van der Waals surface area contributed by atoms with Crippen LogP contribution in [0.25, 0.3) is 0 Å². The second-order valence-corrected chi connectivity index (χ2v) is 6.64. The van der Waals surface area contributed by atoms with Crippen LogP contribution in [0.15, 0.2) is 0 Å². The van der Waals surface area contributed by atoms with Crippen LogP contribution in [0.2, 0.25) is 0 Å². The number of aliphatic hydroxyl groups excluding tert-OH is 1. The monoisotopic (exact) mass is 291 g/mol. The molecular weight excluding hydrogens is 266 g/mol. The molecule has 5 nitrogen and oxygen atoms in total. The number of hydrogen-bond donors (Lipinski definition) is 3. The van der Waals surface area contributed by atoms with Crippen molar-refractivity contribution in [1.29, 1.82) is 0 Å². The van der Waals surface area contributed by atoms with Gasteiger partial charge in [0.25, 0.3) is 5.91 Å². The van der Waals surface area contributed by atoms with Crippen molar-refractivity contribution in [3.05, 3.63) is 17.0 Å². The molecule has 1 saturated carbocycles. The summed E-state index contributed by atoms with van der Waals surface area (Å²) in [5.41, 5.74) is 2.67. The Hall–Kier alpha value is -1.36. The second kappa shape index (κ2) is 6.18. The Morgan fingerprint density at radius 3 is 2.71 bits per heavy atom. The standard InChI is InChI=1S/C16H25N3O2/c20-11-16(8-4-1-5-9-16)10-17-15(21)14-12-6-2-3-7-13(12)18-19-14/h20H,1-11H2,(H,17,21)(H,18,19). The van der Waals surface area contributed by atoms with E-state index >= 15 is 0 Å². The number of amides is 1. The molecule has 0 unspecified atom stereocenters. The van der Waals surface area contributed by atoms with Crippen molar-refractivity contribution >= 4 is 5.91 Å². The lowest BCUT2D eigenvalue weighted by molar-refractivity contribution is 0.0715.